The highest BCUT2D eigenvalue weighted by atomic mass is 19.1. The summed E-state index contributed by atoms with van der Waals surface area (Å²) in [5.41, 5.74) is 1.86. The molecule has 0 atom stereocenters. The van der Waals surface area contributed by atoms with Crippen LogP contribution in [0.1, 0.15) is 21.5 Å². The molecule has 6 nitrogen and oxygen atoms in total. The number of carbonyl (C=O) groups is 2. The molecule has 0 spiro atoms. The molecule has 2 rings (SSSR count). The molecule has 7 heteroatoms. The number of carbonyl (C=O) groups excluding carboxylic acids is 1. The molecule has 144 valence electrons. The molecule has 0 bridgehead atoms. The van der Waals surface area contributed by atoms with Gasteiger partial charge in [0.15, 0.2) is 6.61 Å². The molecular weight excluding hydrogens is 353 g/mol. The van der Waals surface area contributed by atoms with Crippen molar-refractivity contribution in [3.05, 3.63) is 58.9 Å². The summed E-state index contributed by atoms with van der Waals surface area (Å²) in [6.07, 6.45) is 0. The maximum Gasteiger partial charge on any atom is 0.341 e. The van der Waals surface area contributed by atoms with Crippen LogP contribution in [0.25, 0.3) is 0 Å². The van der Waals surface area contributed by atoms with Crippen LogP contribution in [0.4, 0.5) is 4.39 Å². The molecule has 0 radical (unpaired) electrons. The Kier molecular flexibility index (Phi) is 6.76. The topological polar surface area (TPSA) is 76.1 Å². The number of ether oxygens (including phenoxy) is 2. The molecule has 0 aliphatic rings. The second-order valence-corrected chi connectivity index (χ2v) is 6.15. The van der Waals surface area contributed by atoms with E-state index < -0.39 is 12.6 Å². The summed E-state index contributed by atoms with van der Waals surface area (Å²) in [5, 5.41) is 8.73. The van der Waals surface area contributed by atoms with Crippen LogP contribution in [-0.2, 0) is 4.79 Å². The van der Waals surface area contributed by atoms with Gasteiger partial charge in [-0.15, -0.1) is 0 Å². The molecule has 0 aromatic heterocycles. The van der Waals surface area contributed by atoms with Gasteiger partial charge in [0.05, 0.1) is 6.54 Å². The number of benzene rings is 2. The maximum absolute atomic E-state index is 12.9. The Morgan fingerprint density at radius 3 is 2.22 bits per heavy atom. The number of likely N-dealkylation sites (N-methyl/N-ethyl adjacent to an activating group) is 1. The fourth-order valence-electron chi connectivity index (χ4n) is 2.59. The molecule has 0 aliphatic carbocycles. The van der Waals surface area contributed by atoms with Crippen molar-refractivity contribution in [2.45, 2.75) is 13.8 Å². The Morgan fingerprint density at radius 2 is 1.67 bits per heavy atom. The third kappa shape index (κ3) is 5.70. The van der Waals surface area contributed by atoms with Gasteiger partial charge in [-0.25, -0.2) is 9.18 Å². The number of carboxylic acid groups (broad SMARTS) is 1. The van der Waals surface area contributed by atoms with Crippen LogP contribution in [0.2, 0.25) is 0 Å². The van der Waals surface area contributed by atoms with Crippen LogP contribution in [-0.4, -0.2) is 48.7 Å². The number of aliphatic carboxylic acids is 1. The third-order valence-corrected chi connectivity index (χ3v) is 3.90. The molecule has 0 unspecified atom stereocenters. The second kappa shape index (κ2) is 9.02. The lowest BCUT2D eigenvalue weighted by Crippen LogP contribution is -2.31. The summed E-state index contributed by atoms with van der Waals surface area (Å²) < 4.78 is 23.6. The highest BCUT2D eigenvalue weighted by molar-refractivity contribution is 5.94. The minimum absolute atomic E-state index is 0.186. The fourth-order valence-corrected chi connectivity index (χ4v) is 2.59. The zero-order valence-electron chi connectivity index (χ0n) is 15.5. The second-order valence-electron chi connectivity index (χ2n) is 6.15. The number of aryl methyl sites for hydroxylation is 2. The first-order valence-electron chi connectivity index (χ1n) is 8.37. The number of hydrogen-bond donors (Lipinski definition) is 1. The van der Waals surface area contributed by atoms with E-state index in [4.69, 9.17) is 14.6 Å². The van der Waals surface area contributed by atoms with Crippen molar-refractivity contribution < 1.29 is 28.6 Å². The van der Waals surface area contributed by atoms with Crippen molar-refractivity contribution >= 4 is 11.9 Å². The molecular formula is C20H22FNO5. The van der Waals surface area contributed by atoms with E-state index >= 15 is 0 Å². The molecule has 2 aromatic rings. The van der Waals surface area contributed by atoms with Gasteiger partial charge in [0.2, 0.25) is 0 Å². The average molecular weight is 375 g/mol. The first kappa shape index (κ1) is 20.2. The summed E-state index contributed by atoms with van der Waals surface area (Å²) in [6, 6.07) is 9.01. The molecule has 1 N–H and O–H groups in total. The van der Waals surface area contributed by atoms with Gasteiger partial charge in [-0.2, -0.15) is 0 Å². The molecule has 0 fully saturated rings. The Balaban J connectivity index is 1.97. The summed E-state index contributed by atoms with van der Waals surface area (Å²) in [4.78, 5) is 24.8. The maximum atomic E-state index is 12.9. The number of hydrogen-bond acceptors (Lipinski definition) is 4. The lowest BCUT2D eigenvalue weighted by atomic mass is 10.0. The van der Waals surface area contributed by atoms with Gasteiger partial charge in [-0.3, -0.25) is 4.79 Å². The standard InChI is InChI=1S/C20H22FNO5/c1-13-10-15(11-14(2)19(13)27-12-18(23)24)20(25)22(3)8-9-26-17-6-4-16(21)5-7-17/h4-7,10-11H,8-9,12H2,1-3H3,(H,23,24). The van der Waals surface area contributed by atoms with E-state index in [1.807, 2.05) is 0 Å². The number of nitrogens with zero attached hydrogens (tertiary/aromatic N) is 1. The molecule has 2 aromatic carbocycles. The largest absolute Gasteiger partial charge is 0.492 e. The monoisotopic (exact) mass is 375 g/mol. The van der Waals surface area contributed by atoms with Crippen LogP contribution in [0.5, 0.6) is 11.5 Å². The van der Waals surface area contributed by atoms with Crippen molar-refractivity contribution in [1.82, 2.24) is 4.90 Å². The molecule has 1 amide bonds. The van der Waals surface area contributed by atoms with E-state index in [0.29, 0.717) is 34.7 Å². The Labute approximate surface area is 157 Å². The summed E-state index contributed by atoms with van der Waals surface area (Å²) >= 11 is 0. The van der Waals surface area contributed by atoms with Gasteiger partial charge in [0.1, 0.15) is 23.9 Å². The van der Waals surface area contributed by atoms with Gasteiger partial charge < -0.3 is 19.5 Å². The van der Waals surface area contributed by atoms with Gasteiger partial charge in [0.25, 0.3) is 5.91 Å². The number of amides is 1. The highest BCUT2D eigenvalue weighted by Gasteiger charge is 2.16. The van der Waals surface area contributed by atoms with Crippen molar-refractivity contribution in [1.29, 1.82) is 0 Å². The lowest BCUT2D eigenvalue weighted by Gasteiger charge is -2.19. The Bertz CT molecular complexity index is 797. The van der Waals surface area contributed by atoms with E-state index in [2.05, 4.69) is 0 Å². The summed E-state index contributed by atoms with van der Waals surface area (Å²) in [7, 11) is 1.66. The average Bonchev–Trinajstić information content (AvgIpc) is 2.61. The normalized spacial score (nSPS) is 10.4. The molecule has 27 heavy (non-hydrogen) atoms. The number of carboxylic acids is 1. The van der Waals surface area contributed by atoms with Gasteiger partial charge >= 0.3 is 5.97 Å². The summed E-state index contributed by atoms with van der Waals surface area (Å²) in [6.45, 7) is 3.71. The Morgan fingerprint density at radius 1 is 1.07 bits per heavy atom. The zero-order valence-corrected chi connectivity index (χ0v) is 15.5. The van der Waals surface area contributed by atoms with E-state index in [1.54, 1.807) is 33.0 Å². The third-order valence-electron chi connectivity index (χ3n) is 3.90. The quantitative estimate of drug-likeness (QED) is 0.767. The van der Waals surface area contributed by atoms with E-state index in [1.165, 1.54) is 29.2 Å². The van der Waals surface area contributed by atoms with Crippen molar-refractivity contribution in [3.63, 3.8) is 0 Å². The Hall–Kier alpha value is -3.09. The highest BCUT2D eigenvalue weighted by Crippen LogP contribution is 2.25. The first-order chi connectivity index (χ1) is 12.8. The minimum Gasteiger partial charge on any atom is -0.492 e. The van der Waals surface area contributed by atoms with Crippen molar-refractivity contribution in [3.8, 4) is 11.5 Å². The van der Waals surface area contributed by atoms with E-state index in [-0.39, 0.29) is 18.3 Å². The number of rotatable bonds is 8. The fraction of sp³-hybridized carbons (Fsp3) is 0.300. The van der Waals surface area contributed by atoms with Crippen molar-refractivity contribution in [2.24, 2.45) is 0 Å². The van der Waals surface area contributed by atoms with Crippen LogP contribution in [0.15, 0.2) is 36.4 Å². The zero-order chi connectivity index (χ0) is 20.0. The van der Waals surface area contributed by atoms with Crippen LogP contribution in [0, 0.1) is 19.7 Å². The molecule has 0 saturated carbocycles. The molecule has 0 heterocycles. The van der Waals surface area contributed by atoms with Crippen LogP contribution < -0.4 is 9.47 Å². The minimum atomic E-state index is -1.06. The van der Waals surface area contributed by atoms with Crippen LogP contribution >= 0.6 is 0 Å². The number of halogens is 1. The van der Waals surface area contributed by atoms with Crippen LogP contribution in [0.3, 0.4) is 0 Å². The van der Waals surface area contributed by atoms with Gasteiger partial charge in [-0.05, 0) is 61.4 Å². The van der Waals surface area contributed by atoms with Gasteiger partial charge in [0, 0.05) is 12.6 Å². The van der Waals surface area contributed by atoms with E-state index in [0.717, 1.165) is 0 Å². The SMILES string of the molecule is Cc1cc(C(=O)N(C)CCOc2ccc(F)cc2)cc(C)c1OCC(=O)O. The van der Waals surface area contributed by atoms with E-state index in [9.17, 15) is 14.0 Å². The molecule has 0 saturated heterocycles. The first-order valence-corrected chi connectivity index (χ1v) is 8.37. The lowest BCUT2D eigenvalue weighted by molar-refractivity contribution is -0.139. The predicted molar refractivity (Wildman–Crippen MR) is 97.9 cm³/mol. The smallest absolute Gasteiger partial charge is 0.341 e. The van der Waals surface area contributed by atoms with Crippen molar-refractivity contribution in [2.75, 3.05) is 26.8 Å². The summed E-state index contributed by atoms with van der Waals surface area (Å²) in [5.74, 6) is -0.584. The van der Waals surface area contributed by atoms with Gasteiger partial charge in [-0.1, -0.05) is 0 Å². The predicted octanol–water partition coefficient (Wildman–Crippen LogP) is 3.06. The molecule has 0 aliphatic heterocycles.